The number of methoxy groups -OCH3 is 1. The Kier molecular flexibility index (Phi) is 6.13. The first-order valence-corrected chi connectivity index (χ1v) is 9.95. The minimum absolute atomic E-state index is 0.0155. The second-order valence-electron chi connectivity index (χ2n) is 7.32. The quantitative estimate of drug-likeness (QED) is 0.618. The number of anilines is 5. The van der Waals surface area contributed by atoms with Crippen molar-refractivity contribution < 1.29 is 13.5 Å². The highest BCUT2D eigenvalue weighted by Gasteiger charge is 2.17. The molecule has 1 aliphatic heterocycles. The average molecular weight is 426 g/mol. The van der Waals surface area contributed by atoms with Crippen molar-refractivity contribution in [3.8, 4) is 5.75 Å². The van der Waals surface area contributed by atoms with E-state index in [1.54, 1.807) is 7.11 Å². The molecule has 31 heavy (non-hydrogen) atoms. The minimum atomic E-state index is -0.618. The summed E-state index contributed by atoms with van der Waals surface area (Å²) in [6.45, 7) is 3.85. The molecule has 2 aromatic carbocycles. The molecule has 0 spiro atoms. The van der Waals surface area contributed by atoms with Gasteiger partial charge in [-0.15, -0.1) is 0 Å². The smallest absolute Gasteiger partial charge is 0.229 e. The molecule has 162 valence electrons. The van der Waals surface area contributed by atoms with Gasteiger partial charge in [-0.1, -0.05) is 0 Å². The van der Waals surface area contributed by atoms with Crippen LogP contribution in [0.1, 0.15) is 0 Å². The molecule has 0 atom stereocenters. The third-order valence-electron chi connectivity index (χ3n) is 5.15. The fourth-order valence-corrected chi connectivity index (χ4v) is 3.36. The van der Waals surface area contributed by atoms with Crippen molar-refractivity contribution in [1.29, 1.82) is 0 Å². The van der Waals surface area contributed by atoms with Gasteiger partial charge in [0.15, 0.2) is 11.6 Å². The van der Waals surface area contributed by atoms with Gasteiger partial charge in [-0.2, -0.15) is 4.98 Å². The molecule has 0 aliphatic carbocycles. The number of nitrogens with one attached hydrogen (secondary N) is 2. The van der Waals surface area contributed by atoms with Crippen molar-refractivity contribution in [3.05, 3.63) is 60.3 Å². The second-order valence-corrected chi connectivity index (χ2v) is 7.32. The molecule has 9 heteroatoms. The molecular formula is C22H24F2N6O. The number of nitrogens with zero attached hydrogens (tertiary/aromatic N) is 4. The van der Waals surface area contributed by atoms with Crippen LogP contribution in [0.5, 0.6) is 5.75 Å². The SMILES string of the molecule is COc1ccc(N2CCN(C)CC2)cc1Nc1ncc(F)c(Nc2ccc(F)cc2)n1. The molecule has 1 saturated heterocycles. The summed E-state index contributed by atoms with van der Waals surface area (Å²) >= 11 is 0. The van der Waals surface area contributed by atoms with Gasteiger partial charge >= 0.3 is 0 Å². The number of likely N-dealkylation sites (N-methyl/N-ethyl adjacent to an activating group) is 1. The first-order valence-electron chi connectivity index (χ1n) is 9.95. The van der Waals surface area contributed by atoms with E-state index in [1.807, 2.05) is 18.2 Å². The van der Waals surface area contributed by atoms with Gasteiger partial charge < -0.3 is 25.2 Å². The number of hydrogen-bond donors (Lipinski definition) is 2. The minimum Gasteiger partial charge on any atom is -0.495 e. The molecule has 0 radical (unpaired) electrons. The van der Waals surface area contributed by atoms with Gasteiger partial charge in [-0.25, -0.2) is 13.8 Å². The number of hydrogen-bond acceptors (Lipinski definition) is 7. The van der Waals surface area contributed by atoms with E-state index in [0.717, 1.165) is 38.1 Å². The number of halogens is 2. The zero-order valence-electron chi connectivity index (χ0n) is 17.4. The summed E-state index contributed by atoms with van der Waals surface area (Å²) < 4.78 is 32.8. The summed E-state index contributed by atoms with van der Waals surface area (Å²) in [5.41, 5.74) is 2.25. The van der Waals surface area contributed by atoms with Crippen molar-refractivity contribution in [3.63, 3.8) is 0 Å². The van der Waals surface area contributed by atoms with E-state index in [2.05, 4.69) is 37.4 Å². The molecule has 0 amide bonds. The van der Waals surface area contributed by atoms with E-state index in [9.17, 15) is 8.78 Å². The van der Waals surface area contributed by atoms with Crippen molar-refractivity contribution in [2.75, 3.05) is 55.9 Å². The molecule has 2 N–H and O–H groups in total. The number of rotatable bonds is 6. The van der Waals surface area contributed by atoms with Crippen molar-refractivity contribution in [2.45, 2.75) is 0 Å². The predicted octanol–water partition coefficient (Wildman–Crippen LogP) is 4.00. The molecule has 1 aliphatic rings. The molecule has 1 aromatic heterocycles. The Morgan fingerprint density at radius 3 is 2.42 bits per heavy atom. The van der Waals surface area contributed by atoms with E-state index in [0.29, 0.717) is 17.1 Å². The maximum absolute atomic E-state index is 14.2. The summed E-state index contributed by atoms with van der Waals surface area (Å²) in [6, 6.07) is 11.5. The van der Waals surface area contributed by atoms with E-state index < -0.39 is 5.82 Å². The van der Waals surface area contributed by atoms with Crippen LogP contribution < -0.4 is 20.3 Å². The number of benzene rings is 2. The van der Waals surface area contributed by atoms with Crippen LogP contribution in [0.3, 0.4) is 0 Å². The van der Waals surface area contributed by atoms with Crippen LogP contribution >= 0.6 is 0 Å². The largest absolute Gasteiger partial charge is 0.495 e. The van der Waals surface area contributed by atoms with Gasteiger partial charge in [0.25, 0.3) is 0 Å². The van der Waals surface area contributed by atoms with Crippen LogP contribution in [-0.2, 0) is 0 Å². The molecule has 0 unspecified atom stereocenters. The highest BCUT2D eigenvalue weighted by atomic mass is 19.1. The van der Waals surface area contributed by atoms with Gasteiger partial charge in [0.05, 0.1) is 19.0 Å². The normalized spacial score (nSPS) is 14.4. The van der Waals surface area contributed by atoms with Crippen LogP contribution in [-0.4, -0.2) is 55.2 Å². The summed E-state index contributed by atoms with van der Waals surface area (Å²) in [6.07, 6.45) is 1.08. The van der Waals surface area contributed by atoms with Crippen LogP contribution in [0.4, 0.5) is 37.6 Å². The van der Waals surface area contributed by atoms with E-state index in [4.69, 9.17) is 4.74 Å². The summed E-state index contributed by atoms with van der Waals surface area (Å²) in [5, 5.41) is 5.97. The Hall–Kier alpha value is -3.46. The van der Waals surface area contributed by atoms with E-state index >= 15 is 0 Å². The van der Waals surface area contributed by atoms with Gasteiger partial charge in [0.2, 0.25) is 5.95 Å². The van der Waals surface area contributed by atoms with Gasteiger partial charge in [0.1, 0.15) is 11.6 Å². The third kappa shape index (κ3) is 5.00. The third-order valence-corrected chi connectivity index (χ3v) is 5.15. The number of ether oxygens (including phenoxy) is 1. The Morgan fingerprint density at radius 2 is 1.71 bits per heavy atom. The van der Waals surface area contributed by atoms with Crippen LogP contribution in [0.2, 0.25) is 0 Å². The first kappa shape index (κ1) is 20.8. The first-order chi connectivity index (χ1) is 15.0. The topological polar surface area (TPSA) is 65.6 Å². The Bertz CT molecular complexity index is 1040. The molecule has 3 aromatic rings. The number of aromatic nitrogens is 2. The van der Waals surface area contributed by atoms with Crippen molar-refractivity contribution in [2.24, 2.45) is 0 Å². The molecular weight excluding hydrogens is 402 g/mol. The molecule has 4 rings (SSSR count). The average Bonchev–Trinajstić information content (AvgIpc) is 2.78. The predicted molar refractivity (Wildman–Crippen MR) is 118 cm³/mol. The highest BCUT2D eigenvalue weighted by molar-refractivity contribution is 5.70. The summed E-state index contributed by atoms with van der Waals surface area (Å²) in [4.78, 5) is 12.9. The zero-order valence-corrected chi connectivity index (χ0v) is 17.4. The fraction of sp³-hybridized carbons (Fsp3) is 0.273. The summed E-state index contributed by atoms with van der Waals surface area (Å²) in [7, 11) is 3.70. The van der Waals surface area contributed by atoms with Crippen LogP contribution in [0, 0.1) is 11.6 Å². The van der Waals surface area contributed by atoms with E-state index in [-0.39, 0.29) is 17.6 Å². The van der Waals surface area contributed by atoms with Gasteiger partial charge in [-0.05, 0) is 49.5 Å². The second kappa shape index (κ2) is 9.13. The fourth-order valence-electron chi connectivity index (χ4n) is 3.36. The standard InChI is InChI=1S/C22H24F2N6O/c1-29-9-11-30(12-10-29)17-7-8-20(31-2)19(13-17)27-22-25-14-18(24)21(28-22)26-16-5-3-15(23)4-6-16/h3-8,13-14H,9-12H2,1-2H3,(H2,25,26,27,28). The highest BCUT2D eigenvalue weighted by Crippen LogP contribution is 2.32. The zero-order chi connectivity index (χ0) is 21.8. The maximum Gasteiger partial charge on any atom is 0.229 e. The van der Waals surface area contributed by atoms with Gasteiger partial charge in [-0.3, -0.25) is 0 Å². The molecule has 0 bridgehead atoms. The summed E-state index contributed by atoms with van der Waals surface area (Å²) in [5.74, 6) is -0.173. The molecule has 1 fully saturated rings. The van der Waals surface area contributed by atoms with Crippen LogP contribution in [0.15, 0.2) is 48.7 Å². The molecule has 7 nitrogen and oxygen atoms in total. The lowest BCUT2D eigenvalue weighted by Gasteiger charge is -2.34. The Morgan fingerprint density at radius 1 is 0.968 bits per heavy atom. The molecule has 2 heterocycles. The molecule has 0 saturated carbocycles. The lowest BCUT2D eigenvalue weighted by Crippen LogP contribution is -2.44. The van der Waals surface area contributed by atoms with Crippen molar-refractivity contribution >= 4 is 28.8 Å². The van der Waals surface area contributed by atoms with Gasteiger partial charge in [0, 0.05) is 37.6 Å². The Labute approximate surface area is 179 Å². The van der Waals surface area contributed by atoms with Crippen molar-refractivity contribution in [1.82, 2.24) is 14.9 Å². The Balaban J connectivity index is 1.56. The monoisotopic (exact) mass is 426 g/mol. The maximum atomic E-state index is 14.2. The lowest BCUT2D eigenvalue weighted by atomic mass is 10.2. The van der Waals surface area contributed by atoms with Crippen LogP contribution in [0.25, 0.3) is 0 Å². The van der Waals surface area contributed by atoms with E-state index in [1.165, 1.54) is 24.3 Å². The lowest BCUT2D eigenvalue weighted by molar-refractivity contribution is 0.313. The number of piperazine rings is 1.